The lowest BCUT2D eigenvalue weighted by molar-refractivity contribution is -0.119. The quantitative estimate of drug-likeness (QED) is 0.123. The third-order valence-corrected chi connectivity index (χ3v) is 10.5. The van der Waals surface area contributed by atoms with E-state index in [0.717, 1.165) is 46.7 Å². The Morgan fingerprint density at radius 3 is 1.50 bits per heavy atom. The smallest absolute Gasteiger partial charge is 0.251 e. The molecule has 0 fully saturated rings. The molecule has 0 unspecified atom stereocenters. The Morgan fingerprint density at radius 2 is 1.06 bits per heavy atom. The largest absolute Gasteiger partial charge is 0.378 e. The van der Waals surface area contributed by atoms with Gasteiger partial charge in [-0.25, -0.2) is 0 Å². The van der Waals surface area contributed by atoms with Crippen molar-refractivity contribution >= 4 is 52.1 Å². The van der Waals surface area contributed by atoms with Gasteiger partial charge in [-0.3, -0.25) is 19.2 Å². The van der Waals surface area contributed by atoms with Gasteiger partial charge in [-0.1, -0.05) is 64.1 Å². The lowest BCUT2D eigenvalue weighted by atomic mass is 9.91. The van der Waals surface area contributed by atoms with E-state index >= 15 is 0 Å². The molecule has 4 aromatic rings. The first-order valence-corrected chi connectivity index (χ1v) is 19.2. The third-order valence-electron chi connectivity index (χ3n) is 10.5. The average Bonchev–Trinajstić information content (AvgIpc) is 3.17. The summed E-state index contributed by atoms with van der Waals surface area (Å²) in [7, 11) is 0. The number of benzene rings is 4. The van der Waals surface area contributed by atoms with E-state index in [1.807, 2.05) is 110 Å². The minimum atomic E-state index is -0.754. The van der Waals surface area contributed by atoms with Crippen LogP contribution in [0, 0.1) is 5.92 Å². The van der Waals surface area contributed by atoms with E-state index in [9.17, 15) is 19.2 Å². The van der Waals surface area contributed by atoms with Gasteiger partial charge in [0.2, 0.25) is 17.7 Å². The monoisotopic (exact) mass is 728 g/mol. The van der Waals surface area contributed by atoms with E-state index in [1.165, 1.54) is 0 Å². The number of fused-ring (bicyclic) bond motifs is 2. The normalized spacial score (nSPS) is 19.6. The molecule has 10 nitrogen and oxygen atoms in total. The van der Waals surface area contributed by atoms with Gasteiger partial charge in [-0.2, -0.15) is 0 Å². The summed E-state index contributed by atoms with van der Waals surface area (Å²) in [6, 6.07) is 30.2. The Hall–Kier alpha value is -5.64. The first kappa shape index (κ1) is 38.1. The van der Waals surface area contributed by atoms with E-state index in [1.54, 1.807) is 12.1 Å². The van der Waals surface area contributed by atoms with Crippen molar-refractivity contribution in [2.45, 2.75) is 97.4 Å². The van der Waals surface area contributed by atoms with Crippen LogP contribution in [0.5, 0.6) is 0 Å². The molecule has 4 N–H and O–H groups in total. The van der Waals surface area contributed by atoms with Gasteiger partial charge < -0.3 is 31.1 Å². The van der Waals surface area contributed by atoms with Gasteiger partial charge in [0.1, 0.15) is 6.04 Å². The molecule has 4 aromatic carbocycles. The zero-order valence-electron chi connectivity index (χ0n) is 32.1. The number of hydrogen-bond donors (Lipinski definition) is 4. The molecule has 0 spiro atoms. The van der Waals surface area contributed by atoms with Crippen molar-refractivity contribution in [2.24, 2.45) is 5.92 Å². The summed E-state index contributed by atoms with van der Waals surface area (Å²) < 4.78 is 0. The first-order chi connectivity index (χ1) is 26.0. The molecule has 5 atom stereocenters. The Bertz CT molecular complexity index is 1980. The van der Waals surface area contributed by atoms with E-state index in [0.29, 0.717) is 24.1 Å². The lowest BCUT2D eigenvalue weighted by Crippen LogP contribution is -2.47. The SMILES string of the molecule is CCC(=O)N1c2ccccc2[C@H](Nc2ccc(NC(=O)[C@@H](NC(=O)c3ccc(N[C@@H]4C[C@H](C)N(C(=O)CC)c5ccccc54)cc3)C(C)C)cc2)C[C@@H]1C. The number of carbonyl (C=O) groups excluding carboxylic acids is 4. The van der Waals surface area contributed by atoms with Crippen molar-refractivity contribution in [3.63, 3.8) is 0 Å². The van der Waals surface area contributed by atoms with E-state index in [2.05, 4.69) is 47.2 Å². The molecule has 54 heavy (non-hydrogen) atoms. The van der Waals surface area contributed by atoms with Crippen molar-refractivity contribution in [3.05, 3.63) is 114 Å². The molecule has 2 aliphatic heterocycles. The number of anilines is 5. The highest BCUT2D eigenvalue weighted by Crippen LogP contribution is 2.40. The minimum Gasteiger partial charge on any atom is -0.378 e. The molecule has 0 aromatic heterocycles. The highest BCUT2D eigenvalue weighted by molar-refractivity contribution is 6.01. The highest BCUT2D eigenvalue weighted by atomic mass is 16.2. The second-order valence-corrected chi connectivity index (χ2v) is 14.8. The maximum absolute atomic E-state index is 13.5. The molecule has 10 heteroatoms. The molecule has 2 aliphatic rings. The number of hydrogen-bond acceptors (Lipinski definition) is 6. The molecular formula is C44H52N6O4. The second kappa shape index (κ2) is 16.6. The summed E-state index contributed by atoms with van der Waals surface area (Å²) >= 11 is 0. The fourth-order valence-corrected chi connectivity index (χ4v) is 7.75. The number of nitrogens with zero attached hydrogens (tertiary/aromatic N) is 2. The summed E-state index contributed by atoms with van der Waals surface area (Å²) in [6.45, 7) is 11.7. The van der Waals surface area contributed by atoms with E-state index < -0.39 is 6.04 Å². The molecular weight excluding hydrogens is 677 g/mol. The molecule has 6 rings (SSSR count). The van der Waals surface area contributed by atoms with Crippen LogP contribution in [-0.4, -0.2) is 41.8 Å². The van der Waals surface area contributed by atoms with Gasteiger partial charge in [0.25, 0.3) is 5.91 Å². The molecule has 0 radical (unpaired) electrons. The van der Waals surface area contributed by atoms with Crippen LogP contribution in [0.25, 0.3) is 0 Å². The van der Waals surface area contributed by atoms with Crippen LogP contribution in [0.2, 0.25) is 0 Å². The summed E-state index contributed by atoms with van der Waals surface area (Å²) in [6.07, 6.45) is 2.43. The fraction of sp³-hybridized carbons (Fsp3) is 0.364. The Morgan fingerprint density at radius 1 is 0.630 bits per heavy atom. The maximum atomic E-state index is 13.5. The maximum Gasteiger partial charge on any atom is 0.251 e. The molecule has 4 amide bonds. The van der Waals surface area contributed by atoms with Gasteiger partial charge in [0, 0.05) is 58.9 Å². The zero-order valence-corrected chi connectivity index (χ0v) is 32.1. The molecule has 2 heterocycles. The van der Waals surface area contributed by atoms with Crippen molar-refractivity contribution < 1.29 is 19.2 Å². The van der Waals surface area contributed by atoms with Crippen LogP contribution in [0.3, 0.4) is 0 Å². The molecule has 282 valence electrons. The summed E-state index contributed by atoms with van der Waals surface area (Å²) in [5.41, 5.74) is 6.86. The Labute approximate surface area is 318 Å². The standard InChI is InChI=1S/C44H52N6O4/c1-7-40(51)49-28(5)25-36(34-13-9-11-15-38(34)49)45-31-19-17-30(18-20-31)43(53)48-42(27(3)4)44(54)47-33-23-21-32(22-24-33)46-37-26-29(6)50(41(52)8-2)39-16-12-10-14-35(37)39/h9-24,27-29,36-37,42,45-46H,7-8,25-26H2,1-6H3,(H,47,54)(H,48,53)/t28-,29-,36+,37+,42-/m0/s1. The lowest BCUT2D eigenvalue weighted by Gasteiger charge is -2.40. The molecule has 0 saturated heterocycles. The van der Waals surface area contributed by atoms with Gasteiger partial charge in [-0.05, 0) is 104 Å². The van der Waals surface area contributed by atoms with Crippen LogP contribution in [0.4, 0.5) is 28.4 Å². The van der Waals surface area contributed by atoms with Gasteiger partial charge >= 0.3 is 0 Å². The summed E-state index contributed by atoms with van der Waals surface area (Å²) in [5, 5.41) is 13.1. The van der Waals surface area contributed by atoms with E-state index in [-0.39, 0.29) is 53.7 Å². The third kappa shape index (κ3) is 8.12. The van der Waals surface area contributed by atoms with E-state index in [4.69, 9.17) is 0 Å². The van der Waals surface area contributed by atoms with Crippen LogP contribution in [0.1, 0.15) is 101 Å². The predicted molar refractivity (Wildman–Crippen MR) is 217 cm³/mol. The number of carbonyl (C=O) groups is 4. The van der Waals surface area contributed by atoms with Gasteiger partial charge in [0.15, 0.2) is 0 Å². The minimum absolute atomic E-state index is 0.00628. The van der Waals surface area contributed by atoms with Gasteiger partial charge in [0.05, 0.1) is 12.1 Å². The Kier molecular flexibility index (Phi) is 11.7. The first-order valence-electron chi connectivity index (χ1n) is 19.2. The number of rotatable bonds is 11. The zero-order chi connectivity index (χ0) is 38.5. The van der Waals surface area contributed by atoms with Gasteiger partial charge in [-0.15, -0.1) is 0 Å². The number of para-hydroxylation sites is 2. The fourth-order valence-electron chi connectivity index (χ4n) is 7.75. The Balaban J connectivity index is 1.06. The van der Waals surface area contributed by atoms with Crippen molar-refractivity contribution in [3.8, 4) is 0 Å². The number of amides is 4. The predicted octanol–water partition coefficient (Wildman–Crippen LogP) is 8.46. The topological polar surface area (TPSA) is 123 Å². The summed E-state index contributed by atoms with van der Waals surface area (Å²) in [5.74, 6) is -0.559. The van der Waals surface area contributed by atoms with Crippen LogP contribution >= 0.6 is 0 Å². The summed E-state index contributed by atoms with van der Waals surface area (Å²) in [4.78, 5) is 56.2. The molecule has 0 bridgehead atoms. The van der Waals surface area contributed by atoms with Crippen molar-refractivity contribution in [1.29, 1.82) is 0 Å². The number of nitrogens with one attached hydrogen (secondary N) is 4. The second-order valence-electron chi connectivity index (χ2n) is 14.8. The van der Waals surface area contributed by atoms with Crippen LogP contribution in [0.15, 0.2) is 97.1 Å². The van der Waals surface area contributed by atoms with Crippen LogP contribution < -0.4 is 31.1 Å². The van der Waals surface area contributed by atoms with Crippen molar-refractivity contribution in [1.82, 2.24) is 5.32 Å². The average molecular weight is 729 g/mol. The molecule has 0 aliphatic carbocycles. The molecule has 0 saturated carbocycles. The van der Waals surface area contributed by atoms with Crippen LogP contribution in [-0.2, 0) is 14.4 Å². The highest BCUT2D eigenvalue weighted by Gasteiger charge is 2.34. The van der Waals surface area contributed by atoms with Crippen molar-refractivity contribution in [2.75, 3.05) is 25.8 Å².